The van der Waals surface area contributed by atoms with Crippen LogP contribution in [0, 0.1) is 5.92 Å². The Kier molecular flexibility index (Phi) is 3.85. The summed E-state index contributed by atoms with van der Waals surface area (Å²) >= 11 is 3.91. The lowest BCUT2D eigenvalue weighted by Gasteiger charge is -2.23. The molecule has 0 amide bonds. The SMILES string of the molecule is CCC1OCCC1C(Br)c1ccc2c(c1)CC(C)(C)O2. The Bertz CT molecular complexity index is 498. The highest BCUT2D eigenvalue weighted by Gasteiger charge is 2.35. The molecule has 2 heterocycles. The van der Waals surface area contributed by atoms with E-state index in [2.05, 4.69) is 54.9 Å². The predicted molar refractivity (Wildman–Crippen MR) is 84.7 cm³/mol. The molecular weight excluding hydrogens is 316 g/mol. The topological polar surface area (TPSA) is 18.5 Å². The fourth-order valence-corrected chi connectivity index (χ4v) is 4.36. The van der Waals surface area contributed by atoms with Gasteiger partial charge in [-0.15, -0.1) is 0 Å². The third-order valence-electron chi connectivity index (χ3n) is 4.44. The molecule has 0 aromatic heterocycles. The number of fused-ring (bicyclic) bond motifs is 1. The number of halogens is 1. The van der Waals surface area contributed by atoms with Crippen LogP contribution >= 0.6 is 15.9 Å². The molecule has 1 fully saturated rings. The van der Waals surface area contributed by atoms with Crippen LogP contribution in [0.4, 0.5) is 0 Å². The first-order chi connectivity index (χ1) is 9.50. The summed E-state index contributed by atoms with van der Waals surface area (Å²) in [5.41, 5.74) is 2.63. The van der Waals surface area contributed by atoms with Gasteiger partial charge in [-0.3, -0.25) is 0 Å². The van der Waals surface area contributed by atoms with Gasteiger partial charge in [-0.25, -0.2) is 0 Å². The van der Waals surface area contributed by atoms with Crippen LogP contribution < -0.4 is 4.74 Å². The molecule has 0 radical (unpaired) electrons. The third kappa shape index (κ3) is 2.62. The number of alkyl halides is 1. The van der Waals surface area contributed by atoms with Crippen LogP contribution in [0.1, 0.15) is 49.6 Å². The fraction of sp³-hybridized carbons (Fsp3) is 0.647. The molecule has 1 aromatic rings. The number of hydrogen-bond acceptors (Lipinski definition) is 2. The van der Waals surface area contributed by atoms with E-state index >= 15 is 0 Å². The van der Waals surface area contributed by atoms with Gasteiger partial charge in [0.1, 0.15) is 11.4 Å². The molecule has 0 bridgehead atoms. The van der Waals surface area contributed by atoms with E-state index in [1.807, 2.05) is 0 Å². The molecular formula is C17H23BrO2. The molecule has 1 aromatic carbocycles. The molecule has 0 saturated carbocycles. The van der Waals surface area contributed by atoms with Crippen LogP contribution in [0.15, 0.2) is 18.2 Å². The quantitative estimate of drug-likeness (QED) is 0.746. The van der Waals surface area contributed by atoms with Crippen molar-refractivity contribution in [2.75, 3.05) is 6.61 Å². The zero-order valence-electron chi connectivity index (χ0n) is 12.5. The molecule has 3 rings (SSSR count). The summed E-state index contributed by atoms with van der Waals surface area (Å²) in [5.74, 6) is 1.63. The summed E-state index contributed by atoms with van der Waals surface area (Å²) < 4.78 is 11.8. The summed E-state index contributed by atoms with van der Waals surface area (Å²) in [6.45, 7) is 7.40. The first kappa shape index (κ1) is 14.4. The second-order valence-corrected chi connectivity index (χ2v) is 7.56. The second kappa shape index (κ2) is 5.34. The van der Waals surface area contributed by atoms with Gasteiger partial charge in [-0.05, 0) is 43.9 Å². The molecule has 3 atom stereocenters. The van der Waals surface area contributed by atoms with E-state index in [9.17, 15) is 0 Å². The van der Waals surface area contributed by atoms with Crippen molar-refractivity contribution in [3.8, 4) is 5.75 Å². The van der Waals surface area contributed by atoms with Gasteiger partial charge in [-0.1, -0.05) is 35.0 Å². The largest absolute Gasteiger partial charge is 0.487 e. The van der Waals surface area contributed by atoms with E-state index in [1.165, 1.54) is 11.1 Å². The van der Waals surface area contributed by atoms with Crippen molar-refractivity contribution >= 4 is 15.9 Å². The average Bonchev–Trinajstić information content (AvgIpc) is 2.98. The maximum atomic E-state index is 5.96. The van der Waals surface area contributed by atoms with E-state index in [0.29, 0.717) is 16.8 Å². The smallest absolute Gasteiger partial charge is 0.123 e. The van der Waals surface area contributed by atoms with Crippen LogP contribution in [0.2, 0.25) is 0 Å². The Labute approximate surface area is 130 Å². The predicted octanol–water partition coefficient (Wildman–Crippen LogP) is 4.65. The maximum absolute atomic E-state index is 5.96. The Balaban J connectivity index is 1.82. The highest BCUT2D eigenvalue weighted by Crippen LogP contribution is 2.43. The molecule has 0 N–H and O–H groups in total. The van der Waals surface area contributed by atoms with Crippen LogP contribution in [0.5, 0.6) is 5.75 Å². The van der Waals surface area contributed by atoms with E-state index in [4.69, 9.17) is 9.47 Å². The molecule has 20 heavy (non-hydrogen) atoms. The minimum Gasteiger partial charge on any atom is -0.487 e. The normalized spacial score (nSPS) is 29.0. The van der Waals surface area contributed by atoms with Gasteiger partial charge < -0.3 is 9.47 Å². The Morgan fingerprint density at radius 1 is 1.40 bits per heavy atom. The molecule has 110 valence electrons. The minimum atomic E-state index is -0.0643. The lowest BCUT2D eigenvalue weighted by molar-refractivity contribution is 0.0873. The number of ether oxygens (including phenoxy) is 2. The third-order valence-corrected chi connectivity index (χ3v) is 5.65. The minimum absolute atomic E-state index is 0.0643. The highest BCUT2D eigenvalue weighted by atomic mass is 79.9. The standard InChI is InChI=1S/C17H23BrO2/c1-4-14-13(7-8-19-14)16(18)11-5-6-15-12(9-11)10-17(2,3)20-15/h5-6,9,13-14,16H,4,7-8,10H2,1-3H3. The van der Waals surface area contributed by atoms with Crippen LogP contribution in [0.25, 0.3) is 0 Å². The first-order valence-corrected chi connectivity index (χ1v) is 8.49. The molecule has 1 saturated heterocycles. The lowest BCUT2D eigenvalue weighted by Crippen LogP contribution is -2.24. The first-order valence-electron chi connectivity index (χ1n) is 7.57. The zero-order chi connectivity index (χ0) is 14.3. The summed E-state index contributed by atoms with van der Waals surface area (Å²) in [4.78, 5) is 0.379. The van der Waals surface area contributed by atoms with Crippen molar-refractivity contribution in [3.05, 3.63) is 29.3 Å². The van der Waals surface area contributed by atoms with Gasteiger partial charge in [0.15, 0.2) is 0 Å². The van der Waals surface area contributed by atoms with Gasteiger partial charge in [0, 0.05) is 23.8 Å². The molecule has 0 aliphatic carbocycles. The monoisotopic (exact) mass is 338 g/mol. The van der Waals surface area contributed by atoms with Crippen molar-refractivity contribution in [3.63, 3.8) is 0 Å². The summed E-state index contributed by atoms with van der Waals surface area (Å²) in [6.07, 6.45) is 3.62. The van der Waals surface area contributed by atoms with Crippen molar-refractivity contribution in [2.45, 2.75) is 56.6 Å². The Morgan fingerprint density at radius 2 is 2.20 bits per heavy atom. The molecule has 2 nitrogen and oxygen atoms in total. The van der Waals surface area contributed by atoms with Gasteiger partial charge >= 0.3 is 0 Å². The van der Waals surface area contributed by atoms with Crippen molar-refractivity contribution in [1.82, 2.24) is 0 Å². The van der Waals surface area contributed by atoms with Crippen molar-refractivity contribution in [2.24, 2.45) is 5.92 Å². The van der Waals surface area contributed by atoms with E-state index < -0.39 is 0 Å². The Hall–Kier alpha value is -0.540. The van der Waals surface area contributed by atoms with Crippen LogP contribution in [-0.4, -0.2) is 18.3 Å². The molecule has 3 unspecified atom stereocenters. The van der Waals surface area contributed by atoms with E-state index in [1.54, 1.807) is 0 Å². The molecule has 3 heteroatoms. The fourth-order valence-electron chi connectivity index (χ4n) is 3.47. The Morgan fingerprint density at radius 3 is 2.95 bits per heavy atom. The number of rotatable bonds is 3. The summed E-state index contributed by atoms with van der Waals surface area (Å²) in [5, 5.41) is 0. The maximum Gasteiger partial charge on any atom is 0.123 e. The second-order valence-electron chi connectivity index (χ2n) is 6.58. The number of hydrogen-bond donors (Lipinski definition) is 0. The zero-order valence-corrected chi connectivity index (χ0v) is 14.1. The summed E-state index contributed by atoms with van der Waals surface area (Å²) in [7, 11) is 0. The average molecular weight is 339 g/mol. The summed E-state index contributed by atoms with van der Waals surface area (Å²) in [6, 6.07) is 6.64. The molecule has 2 aliphatic heterocycles. The van der Waals surface area contributed by atoms with Crippen LogP contribution in [0.3, 0.4) is 0 Å². The van der Waals surface area contributed by atoms with Crippen LogP contribution in [-0.2, 0) is 11.2 Å². The van der Waals surface area contributed by atoms with Crippen molar-refractivity contribution in [1.29, 1.82) is 0 Å². The van der Waals surface area contributed by atoms with Gasteiger partial charge in [0.25, 0.3) is 0 Å². The van der Waals surface area contributed by atoms with Gasteiger partial charge in [0.05, 0.1) is 6.10 Å². The molecule has 2 aliphatic rings. The van der Waals surface area contributed by atoms with Gasteiger partial charge in [0.2, 0.25) is 0 Å². The van der Waals surface area contributed by atoms with E-state index in [-0.39, 0.29) is 5.60 Å². The van der Waals surface area contributed by atoms with E-state index in [0.717, 1.165) is 31.6 Å². The lowest BCUT2D eigenvalue weighted by atomic mass is 9.90. The molecule has 0 spiro atoms. The van der Waals surface area contributed by atoms with Gasteiger partial charge in [-0.2, -0.15) is 0 Å². The van der Waals surface area contributed by atoms with Crippen molar-refractivity contribution < 1.29 is 9.47 Å². The highest BCUT2D eigenvalue weighted by molar-refractivity contribution is 9.09. The number of benzene rings is 1.